The zero-order chi connectivity index (χ0) is 9.84. The van der Waals surface area contributed by atoms with Crippen LogP contribution < -0.4 is 5.32 Å². The first-order valence-corrected chi connectivity index (χ1v) is 4.84. The van der Waals surface area contributed by atoms with Crippen LogP contribution in [0.5, 0.6) is 0 Å². The molecule has 0 aromatic rings. The fourth-order valence-corrected chi connectivity index (χ4v) is 1.96. The molecule has 76 valence electrons. The van der Waals surface area contributed by atoms with Gasteiger partial charge in [-0.2, -0.15) is 0 Å². The maximum absolute atomic E-state index is 10.3. The third-order valence-corrected chi connectivity index (χ3v) is 2.57. The molecule has 1 rings (SSSR count). The van der Waals surface area contributed by atoms with Gasteiger partial charge in [0, 0.05) is 18.6 Å². The minimum absolute atomic E-state index is 0.399. The van der Waals surface area contributed by atoms with Crippen molar-refractivity contribution in [2.24, 2.45) is 0 Å². The number of hydrogen-bond donors (Lipinski definition) is 2. The average Bonchev–Trinajstić information content (AvgIpc) is 2.47. The van der Waals surface area contributed by atoms with Crippen LogP contribution in [-0.2, 0) is 0 Å². The Morgan fingerprint density at radius 3 is 2.92 bits per heavy atom. The van der Waals surface area contributed by atoms with Crippen LogP contribution in [-0.4, -0.2) is 41.3 Å². The number of nitrogens with zero attached hydrogens (tertiary/aromatic N) is 1. The maximum atomic E-state index is 10.3. The zero-order valence-electron chi connectivity index (χ0n) is 8.29. The normalized spacial score (nSPS) is 23.8. The summed E-state index contributed by atoms with van der Waals surface area (Å²) in [6.45, 7) is 5.97. The third kappa shape index (κ3) is 2.88. The first-order chi connectivity index (χ1) is 6.11. The second kappa shape index (κ2) is 4.46. The monoisotopic (exact) mass is 186 g/mol. The summed E-state index contributed by atoms with van der Waals surface area (Å²) in [5, 5.41) is 10.9. The highest BCUT2D eigenvalue weighted by Gasteiger charge is 2.26. The molecule has 0 bridgehead atoms. The standard InChI is InChI=1S/C9H18N2O2/c1-7(2)11-5-3-4-8(11)6-10-9(12)13/h7-8,10H,3-6H2,1-2H3,(H,12,13)/t8-/m0/s1. The molecule has 13 heavy (non-hydrogen) atoms. The van der Waals surface area contributed by atoms with E-state index in [1.807, 2.05) is 0 Å². The van der Waals surface area contributed by atoms with Gasteiger partial charge in [-0.25, -0.2) is 4.79 Å². The second-order valence-electron chi connectivity index (χ2n) is 3.81. The summed E-state index contributed by atoms with van der Waals surface area (Å²) in [4.78, 5) is 12.7. The SMILES string of the molecule is CC(C)N1CCC[C@H]1CNC(=O)O. The van der Waals surface area contributed by atoms with Gasteiger partial charge in [-0.05, 0) is 33.2 Å². The number of amides is 1. The number of carbonyl (C=O) groups is 1. The van der Waals surface area contributed by atoms with Crippen LogP contribution in [0, 0.1) is 0 Å². The van der Waals surface area contributed by atoms with Crippen LogP contribution in [0.1, 0.15) is 26.7 Å². The molecule has 1 amide bonds. The van der Waals surface area contributed by atoms with Gasteiger partial charge in [0.05, 0.1) is 0 Å². The molecule has 4 heteroatoms. The minimum atomic E-state index is -0.921. The van der Waals surface area contributed by atoms with Crippen molar-refractivity contribution in [3.05, 3.63) is 0 Å². The number of rotatable bonds is 3. The zero-order valence-corrected chi connectivity index (χ0v) is 8.29. The molecular weight excluding hydrogens is 168 g/mol. The molecule has 1 saturated heterocycles. The number of likely N-dealkylation sites (tertiary alicyclic amines) is 1. The third-order valence-electron chi connectivity index (χ3n) is 2.57. The lowest BCUT2D eigenvalue weighted by atomic mass is 10.2. The molecule has 1 aliphatic heterocycles. The highest BCUT2D eigenvalue weighted by molar-refractivity contribution is 5.64. The van der Waals surface area contributed by atoms with E-state index >= 15 is 0 Å². The Hall–Kier alpha value is -0.770. The lowest BCUT2D eigenvalue weighted by Crippen LogP contribution is -2.42. The fraction of sp³-hybridized carbons (Fsp3) is 0.889. The van der Waals surface area contributed by atoms with Gasteiger partial charge in [-0.3, -0.25) is 4.90 Å². The minimum Gasteiger partial charge on any atom is -0.465 e. The molecule has 1 heterocycles. The van der Waals surface area contributed by atoms with Gasteiger partial charge in [0.1, 0.15) is 0 Å². The molecule has 4 nitrogen and oxygen atoms in total. The van der Waals surface area contributed by atoms with Crippen molar-refractivity contribution in [1.82, 2.24) is 10.2 Å². The van der Waals surface area contributed by atoms with Crippen LogP contribution in [0.15, 0.2) is 0 Å². The van der Waals surface area contributed by atoms with Crippen molar-refractivity contribution in [3.8, 4) is 0 Å². The summed E-state index contributed by atoms with van der Waals surface area (Å²) < 4.78 is 0. The van der Waals surface area contributed by atoms with E-state index in [2.05, 4.69) is 24.1 Å². The number of carboxylic acid groups (broad SMARTS) is 1. The molecule has 1 atom stereocenters. The highest BCUT2D eigenvalue weighted by atomic mass is 16.4. The smallest absolute Gasteiger partial charge is 0.404 e. The molecule has 0 aliphatic carbocycles. The Labute approximate surface area is 78.9 Å². The van der Waals surface area contributed by atoms with Crippen molar-refractivity contribution in [3.63, 3.8) is 0 Å². The molecular formula is C9H18N2O2. The number of hydrogen-bond acceptors (Lipinski definition) is 2. The van der Waals surface area contributed by atoms with Crippen molar-refractivity contribution in [1.29, 1.82) is 0 Å². The van der Waals surface area contributed by atoms with Gasteiger partial charge >= 0.3 is 6.09 Å². The quantitative estimate of drug-likeness (QED) is 0.694. The van der Waals surface area contributed by atoms with Crippen molar-refractivity contribution in [2.75, 3.05) is 13.1 Å². The van der Waals surface area contributed by atoms with Crippen molar-refractivity contribution in [2.45, 2.75) is 38.8 Å². The summed E-state index contributed by atoms with van der Waals surface area (Å²) in [6.07, 6.45) is 1.37. The lowest BCUT2D eigenvalue weighted by Gasteiger charge is -2.27. The van der Waals surface area contributed by atoms with Gasteiger partial charge in [-0.15, -0.1) is 0 Å². The topological polar surface area (TPSA) is 52.6 Å². The molecule has 0 aromatic carbocycles. The molecule has 0 spiro atoms. The Balaban J connectivity index is 2.35. The molecule has 2 N–H and O–H groups in total. The Kier molecular flexibility index (Phi) is 3.54. The van der Waals surface area contributed by atoms with Crippen LogP contribution in [0.3, 0.4) is 0 Å². The van der Waals surface area contributed by atoms with Crippen LogP contribution in [0.25, 0.3) is 0 Å². The second-order valence-corrected chi connectivity index (χ2v) is 3.81. The van der Waals surface area contributed by atoms with Gasteiger partial charge in [0.2, 0.25) is 0 Å². The van der Waals surface area contributed by atoms with Gasteiger partial charge in [0.15, 0.2) is 0 Å². The predicted molar refractivity (Wildman–Crippen MR) is 50.9 cm³/mol. The maximum Gasteiger partial charge on any atom is 0.404 e. The Bertz CT molecular complexity index is 182. The van der Waals surface area contributed by atoms with Gasteiger partial charge < -0.3 is 10.4 Å². The van der Waals surface area contributed by atoms with Crippen LogP contribution in [0.4, 0.5) is 4.79 Å². The Morgan fingerprint density at radius 2 is 2.38 bits per heavy atom. The number of nitrogens with one attached hydrogen (secondary N) is 1. The first-order valence-electron chi connectivity index (χ1n) is 4.84. The van der Waals surface area contributed by atoms with E-state index < -0.39 is 6.09 Å². The van der Waals surface area contributed by atoms with Crippen molar-refractivity contribution >= 4 is 6.09 Å². The molecule has 0 aromatic heterocycles. The van der Waals surface area contributed by atoms with Crippen molar-refractivity contribution < 1.29 is 9.90 Å². The van der Waals surface area contributed by atoms with E-state index in [-0.39, 0.29) is 0 Å². The molecule has 0 radical (unpaired) electrons. The Morgan fingerprint density at radius 1 is 1.69 bits per heavy atom. The van der Waals surface area contributed by atoms with E-state index in [0.29, 0.717) is 18.6 Å². The van der Waals surface area contributed by atoms with E-state index in [1.54, 1.807) is 0 Å². The van der Waals surface area contributed by atoms with E-state index in [1.165, 1.54) is 6.42 Å². The van der Waals surface area contributed by atoms with E-state index in [4.69, 9.17) is 5.11 Å². The summed E-state index contributed by atoms with van der Waals surface area (Å²) >= 11 is 0. The summed E-state index contributed by atoms with van der Waals surface area (Å²) in [5.41, 5.74) is 0. The van der Waals surface area contributed by atoms with E-state index in [9.17, 15) is 4.79 Å². The van der Waals surface area contributed by atoms with Gasteiger partial charge in [-0.1, -0.05) is 0 Å². The highest BCUT2D eigenvalue weighted by Crippen LogP contribution is 2.18. The molecule has 0 unspecified atom stereocenters. The molecule has 1 fully saturated rings. The lowest BCUT2D eigenvalue weighted by molar-refractivity contribution is 0.176. The average molecular weight is 186 g/mol. The summed E-state index contributed by atoms with van der Waals surface area (Å²) in [7, 11) is 0. The predicted octanol–water partition coefficient (Wildman–Crippen LogP) is 1.13. The van der Waals surface area contributed by atoms with E-state index in [0.717, 1.165) is 13.0 Å². The first kappa shape index (κ1) is 10.3. The fourth-order valence-electron chi connectivity index (χ4n) is 1.96. The largest absolute Gasteiger partial charge is 0.465 e. The summed E-state index contributed by atoms with van der Waals surface area (Å²) in [5.74, 6) is 0. The molecule has 0 saturated carbocycles. The molecule has 1 aliphatic rings. The van der Waals surface area contributed by atoms with Gasteiger partial charge in [0.25, 0.3) is 0 Å². The summed E-state index contributed by atoms with van der Waals surface area (Å²) in [6, 6.07) is 0.916. The van der Waals surface area contributed by atoms with Crippen LogP contribution >= 0.6 is 0 Å². The van der Waals surface area contributed by atoms with Crippen LogP contribution in [0.2, 0.25) is 0 Å².